The van der Waals surface area contributed by atoms with Gasteiger partial charge in [-0.2, -0.15) is 0 Å². The average molecular weight is 773 g/mol. The van der Waals surface area contributed by atoms with Crippen molar-refractivity contribution < 1.29 is 32.3 Å². The number of nitrogens with zero attached hydrogens (tertiary/aromatic N) is 5. The Morgan fingerprint density at radius 3 is 2.35 bits per heavy atom. The number of nitrogens with one attached hydrogen (secondary N) is 1. The zero-order chi connectivity index (χ0) is 38.0. The largest absolute Gasteiger partial charge is 0.445 e. The van der Waals surface area contributed by atoms with Gasteiger partial charge in [0.1, 0.15) is 24.6 Å². The van der Waals surface area contributed by atoms with Crippen LogP contribution in [0.4, 0.5) is 19.4 Å². The van der Waals surface area contributed by atoms with Crippen LogP contribution in [0.2, 0.25) is 5.04 Å². The second-order valence-electron chi connectivity index (χ2n) is 14.6. The van der Waals surface area contributed by atoms with E-state index in [0.717, 1.165) is 41.0 Å². The molecule has 54 heavy (non-hydrogen) atoms. The lowest BCUT2D eigenvalue weighted by Crippen LogP contribution is -2.67. The van der Waals surface area contributed by atoms with Crippen molar-refractivity contribution in [3.63, 3.8) is 0 Å². The maximum atomic E-state index is 13.8. The Labute approximate surface area is 317 Å². The van der Waals surface area contributed by atoms with Gasteiger partial charge in [0.05, 0.1) is 12.6 Å². The number of benzene rings is 3. The first-order valence-corrected chi connectivity index (χ1v) is 21.0. The predicted octanol–water partition coefficient (Wildman–Crippen LogP) is 6.58. The third-order valence-corrected chi connectivity index (χ3v) is 16.0. The van der Waals surface area contributed by atoms with Gasteiger partial charge in [0.15, 0.2) is 33.8 Å². The van der Waals surface area contributed by atoms with Gasteiger partial charge in [0.25, 0.3) is 8.32 Å². The second-order valence-corrected chi connectivity index (χ2v) is 20.0. The molecule has 11 nitrogen and oxygen atoms in total. The lowest BCUT2D eigenvalue weighted by molar-refractivity contribution is -0.118. The zero-order valence-corrected chi connectivity index (χ0v) is 32.3. The van der Waals surface area contributed by atoms with Crippen molar-refractivity contribution in [3.8, 4) is 0 Å². The highest BCUT2D eigenvalue weighted by Crippen LogP contribution is 2.44. The summed E-state index contributed by atoms with van der Waals surface area (Å²) in [5.41, 5.74) is 1.15. The molecule has 5 aromatic rings. The molecule has 1 aliphatic heterocycles. The van der Waals surface area contributed by atoms with Crippen molar-refractivity contribution in [1.29, 1.82) is 0 Å². The third-order valence-electron chi connectivity index (χ3n) is 9.92. The minimum Gasteiger partial charge on any atom is -0.445 e. The topological polar surface area (TPSA) is 130 Å². The van der Waals surface area contributed by atoms with E-state index in [1.807, 2.05) is 43.3 Å². The van der Waals surface area contributed by atoms with Crippen LogP contribution in [-0.2, 0) is 18.7 Å². The molecule has 0 radical (unpaired) electrons. The number of amides is 1. The van der Waals surface area contributed by atoms with E-state index in [1.165, 1.54) is 17.8 Å². The summed E-state index contributed by atoms with van der Waals surface area (Å²) in [6.07, 6.45) is -0.124. The van der Waals surface area contributed by atoms with Gasteiger partial charge < -0.3 is 18.7 Å². The molecule has 2 aliphatic rings. The van der Waals surface area contributed by atoms with Gasteiger partial charge in [0.2, 0.25) is 0 Å². The number of thioether (sulfide) groups is 1. The number of rotatable bonds is 13. The summed E-state index contributed by atoms with van der Waals surface area (Å²) in [5, 5.41) is 14.0. The summed E-state index contributed by atoms with van der Waals surface area (Å²) in [6.45, 7) is 8.80. The molecular formula is C39H42F2N6O5SSi. The lowest BCUT2D eigenvalue weighted by Gasteiger charge is -2.43. The number of fused-ring (bicyclic) bond motifs is 1. The Hall–Kier alpha value is -4.57. The fraction of sp³-hybridized carbons (Fsp3) is 0.385. The van der Waals surface area contributed by atoms with Crippen molar-refractivity contribution >= 4 is 59.8 Å². The summed E-state index contributed by atoms with van der Waals surface area (Å²) < 4.78 is 48.1. The number of carbonyl (C=O) groups is 2. The van der Waals surface area contributed by atoms with E-state index < -0.39 is 50.4 Å². The van der Waals surface area contributed by atoms with Gasteiger partial charge in [-0.25, -0.2) is 28.2 Å². The van der Waals surface area contributed by atoms with E-state index in [0.29, 0.717) is 29.2 Å². The number of anilines is 1. The van der Waals surface area contributed by atoms with Crippen LogP contribution in [0, 0.1) is 11.6 Å². The molecule has 3 heterocycles. The van der Waals surface area contributed by atoms with E-state index in [4.69, 9.17) is 18.9 Å². The summed E-state index contributed by atoms with van der Waals surface area (Å²) in [6, 6.07) is 23.8. The number of hydrogen-bond donors (Lipinski definition) is 1. The van der Waals surface area contributed by atoms with E-state index in [2.05, 4.69) is 65.6 Å². The molecule has 1 N–H and O–H groups in total. The van der Waals surface area contributed by atoms with E-state index >= 15 is 0 Å². The van der Waals surface area contributed by atoms with Crippen LogP contribution in [-0.4, -0.2) is 76.3 Å². The van der Waals surface area contributed by atoms with Crippen molar-refractivity contribution in [1.82, 2.24) is 25.0 Å². The monoisotopic (exact) mass is 772 g/mol. The van der Waals surface area contributed by atoms with Crippen molar-refractivity contribution in [3.05, 3.63) is 96.1 Å². The Kier molecular flexibility index (Phi) is 10.9. The molecule has 282 valence electrons. The van der Waals surface area contributed by atoms with Gasteiger partial charge in [-0.05, 0) is 45.9 Å². The number of aldehydes is 1. The molecule has 1 aliphatic carbocycles. The highest BCUT2D eigenvalue weighted by atomic mass is 32.2. The standard InChI is InChI=1S/C39H42F2N6O5SSi/c1-5-18-53-37-42-35(43-38(49)52-32-21-28(32)24-16-17-29(40)30(41)19-24)34-36(44-37)47(46-45-34)31-20-25(22-48)51-33(31)23-50-54(39(2,3)4,26-12-8-6-9-13-26)27-14-10-7-11-15-27/h6-17,19,22,25,28,31-33H,5,18,20-21,23H2,1-4H3,(H,42,43,44,49)/t25-,28+,31-,32-,33+/m1/s1. The first-order valence-electron chi connectivity index (χ1n) is 18.1. The smallest absolute Gasteiger partial charge is 0.413 e. The van der Waals surface area contributed by atoms with Crippen molar-refractivity contribution in [2.45, 2.75) is 87.4 Å². The molecule has 1 saturated heterocycles. The molecule has 2 fully saturated rings. The van der Waals surface area contributed by atoms with Crippen LogP contribution in [0.3, 0.4) is 0 Å². The number of ether oxygens (including phenoxy) is 2. The molecule has 1 saturated carbocycles. The molecule has 0 unspecified atom stereocenters. The fourth-order valence-corrected chi connectivity index (χ4v) is 12.5. The molecule has 0 spiro atoms. The highest BCUT2D eigenvalue weighted by Gasteiger charge is 2.51. The van der Waals surface area contributed by atoms with E-state index in [-0.39, 0.29) is 28.9 Å². The quantitative estimate of drug-likeness (QED) is 0.0607. The number of aromatic nitrogens is 5. The lowest BCUT2D eigenvalue weighted by atomic mass is 10.1. The first-order chi connectivity index (χ1) is 26.0. The Balaban J connectivity index is 1.17. The number of carbonyl (C=O) groups excluding carboxylic acids is 2. The molecule has 1 amide bonds. The Bertz CT molecular complexity index is 2080. The highest BCUT2D eigenvalue weighted by molar-refractivity contribution is 7.99. The minimum atomic E-state index is -2.95. The normalized spacial score (nSPS) is 21.3. The van der Waals surface area contributed by atoms with Crippen LogP contribution in [0.5, 0.6) is 0 Å². The maximum absolute atomic E-state index is 13.8. The second kappa shape index (κ2) is 15.7. The molecule has 15 heteroatoms. The average Bonchev–Trinajstić information content (AvgIpc) is 3.58. The summed E-state index contributed by atoms with van der Waals surface area (Å²) in [5.74, 6) is -1.29. The van der Waals surface area contributed by atoms with Crippen LogP contribution < -0.4 is 15.7 Å². The van der Waals surface area contributed by atoms with E-state index in [9.17, 15) is 18.4 Å². The van der Waals surface area contributed by atoms with Gasteiger partial charge in [-0.3, -0.25) is 5.32 Å². The molecule has 2 aromatic heterocycles. The van der Waals surface area contributed by atoms with Crippen molar-refractivity contribution in [2.24, 2.45) is 0 Å². The zero-order valence-electron chi connectivity index (χ0n) is 30.4. The number of hydrogen-bond acceptors (Lipinski definition) is 10. The predicted molar refractivity (Wildman–Crippen MR) is 204 cm³/mol. The van der Waals surface area contributed by atoms with Crippen LogP contribution in [0.1, 0.15) is 64.5 Å². The van der Waals surface area contributed by atoms with Gasteiger partial charge in [-0.1, -0.05) is 111 Å². The van der Waals surface area contributed by atoms with Crippen molar-refractivity contribution in [2.75, 3.05) is 17.7 Å². The molecule has 7 rings (SSSR count). The molecule has 3 aromatic carbocycles. The van der Waals surface area contributed by atoms with Gasteiger partial charge in [-0.15, -0.1) is 5.10 Å². The summed E-state index contributed by atoms with van der Waals surface area (Å²) in [4.78, 5) is 34.7. The van der Waals surface area contributed by atoms with Gasteiger partial charge >= 0.3 is 6.09 Å². The minimum absolute atomic E-state index is 0.117. The van der Waals surface area contributed by atoms with Gasteiger partial charge in [0, 0.05) is 18.1 Å². The Morgan fingerprint density at radius 2 is 1.72 bits per heavy atom. The number of halogens is 2. The fourth-order valence-electron chi connectivity index (χ4n) is 7.26. The first kappa shape index (κ1) is 37.7. The Morgan fingerprint density at radius 1 is 1.02 bits per heavy atom. The van der Waals surface area contributed by atoms with E-state index in [1.54, 1.807) is 4.68 Å². The summed E-state index contributed by atoms with van der Waals surface area (Å²) >= 11 is 1.42. The molecule has 5 atom stereocenters. The van der Waals surface area contributed by atoms with Crippen LogP contribution in [0.15, 0.2) is 84.0 Å². The maximum Gasteiger partial charge on any atom is 0.413 e. The molecule has 0 bridgehead atoms. The third kappa shape index (κ3) is 7.54. The van der Waals surface area contributed by atoms with Crippen LogP contribution >= 0.6 is 11.8 Å². The SMILES string of the molecule is CCCSc1nc(NC(=O)O[C@@H]2C[C@H]2c2ccc(F)c(F)c2)c2nnn([C@@H]3C[C@H](C=O)O[C@H]3CO[Si](c3ccccc3)(c3ccccc3)C(C)(C)C)c2n1. The van der Waals surface area contributed by atoms with Crippen LogP contribution in [0.25, 0.3) is 11.2 Å². The summed E-state index contributed by atoms with van der Waals surface area (Å²) in [7, 11) is -2.95. The molecular weight excluding hydrogens is 731 g/mol.